The van der Waals surface area contributed by atoms with E-state index in [4.69, 9.17) is 6.42 Å². The molecule has 20 heavy (non-hydrogen) atoms. The Morgan fingerprint density at radius 3 is 2.60 bits per heavy atom. The van der Waals surface area contributed by atoms with Gasteiger partial charge in [0.25, 0.3) is 0 Å². The van der Waals surface area contributed by atoms with Gasteiger partial charge >= 0.3 is 0 Å². The second-order valence-corrected chi connectivity index (χ2v) is 6.57. The Kier molecular flexibility index (Phi) is 6.09. The molecule has 108 valence electrons. The molecule has 1 aromatic carbocycles. The monoisotopic (exact) mass is 334 g/mol. The first-order chi connectivity index (χ1) is 9.67. The van der Waals surface area contributed by atoms with Crippen LogP contribution in [0.5, 0.6) is 0 Å². The minimum atomic E-state index is 0.514. The van der Waals surface area contributed by atoms with E-state index in [1.165, 1.54) is 18.4 Å². The summed E-state index contributed by atoms with van der Waals surface area (Å²) >= 11 is 3.48. The van der Waals surface area contributed by atoms with E-state index in [9.17, 15) is 0 Å². The first kappa shape index (κ1) is 15.6. The molecule has 0 radical (unpaired) electrons. The largest absolute Gasteiger partial charge is 0.311 e. The number of hydrogen-bond acceptors (Lipinski definition) is 2. The number of likely N-dealkylation sites (tertiary alicyclic amines) is 1. The maximum Gasteiger partial charge on any atom is 0.0598 e. The van der Waals surface area contributed by atoms with Gasteiger partial charge in [-0.1, -0.05) is 34.0 Å². The van der Waals surface area contributed by atoms with E-state index in [0.717, 1.165) is 30.5 Å². The lowest BCUT2D eigenvalue weighted by molar-refractivity contribution is 0.210. The Morgan fingerprint density at radius 2 is 2.00 bits per heavy atom. The van der Waals surface area contributed by atoms with Crippen LogP contribution in [0.2, 0.25) is 0 Å². The van der Waals surface area contributed by atoms with Crippen molar-refractivity contribution in [2.75, 3.05) is 19.6 Å². The zero-order valence-electron chi connectivity index (χ0n) is 12.1. The number of nitrogens with one attached hydrogen (secondary N) is 1. The molecule has 2 rings (SSSR count). The van der Waals surface area contributed by atoms with Gasteiger partial charge in [0.05, 0.1) is 6.54 Å². The fraction of sp³-hybridized carbons (Fsp3) is 0.529. The lowest BCUT2D eigenvalue weighted by atomic mass is 10.0. The van der Waals surface area contributed by atoms with E-state index in [1.54, 1.807) is 0 Å². The zero-order chi connectivity index (χ0) is 14.4. The Balaban J connectivity index is 1.74. The van der Waals surface area contributed by atoms with Gasteiger partial charge in [0.2, 0.25) is 0 Å². The van der Waals surface area contributed by atoms with Gasteiger partial charge in [-0.3, -0.25) is 4.90 Å². The van der Waals surface area contributed by atoms with Crippen LogP contribution >= 0.6 is 15.9 Å². The van der Waals surface area contributed by atoms with Crippen molar-refractivity contribution in [2.24, 2.45) is 0 Å². The van der Waals surface area contributed by atoms with Gasteiger partial charge in [0.15, 0.2) is 0 Å². The van der Waals surface area contributed by atoms with Crippen molar-refractivity contribution in [2.45, 2.75) is 38.3 Å². The van der Waals surface area contributed by atoms with E-state index >= 15 is 0 Å². The summed E-state index contributed by atoms with van der Waals surface area (Å²) < 4.78 is 1.14. The maximum absolute atomic E-state index is 5.36. The maximum atomic E-state index is 5.36. The molecule has 1 aliphatic rings. The first-order valence-corrected chi connectivity index (χ1v) is 8.13. The number of hydrogen-bond donors (Lipinski definition) is 1. The number of nitrogens with zero attached hydrogens (tertiary/aromatic N) is 1. The van der Waals surface area contributed by atoms with Gasteiger partial charge in [0.1, 0.15) is 0 Å². The number of benzene rings is 1. The second kappa shape index (κ2) is 7.83. The molecule has 1 heterocycles. The van der Waals surface area contributed by atoms with Crippen molar-refractivity contribution in [1.29, 1.82) is 0 Å². The number of halogens is 1. The third-order valence-electron chi connectivity index (χ3n) is 3.88. The van der Waals surface area contributed by atoms with Crippen molar-refractivity contribution in [3.63, 3.8) is 0 Å². The molecule has 2 nitrogen and oxygen atoms in total. The summed E-state index contributed by atoms with van der Waals surface area (Å²) in [4.78, 5) is 2.36. The number of rotatable bonds is 5. The highest BCUT2D eigenvalue weighted by atomic mass is 79.9. The molecule has 1 N–H and O–H groups in total. The molecule has 0 saturated carbocycles. The predicted molar refractivity (Wildman–Crippen MR) is 88.7 cm³/mol. The molecule has 0 aliphatic carbocycles. The lowest BCUT2D eigenvalue weighted by Gasteiger charge is -2.33. The van der Waals surface area contributed by atoms with Gasteiger partial charge < -0.3 is 5.32 Å². The highest BCUT2D eigenvalue weighted by molar-refractivity contribution is 9.10. The Bertz CT molecular complexity index is 441. The smallest absolute Gasteiger partial charge is 0.0598 e. The lowest BCUT2D eigenvalue weighted by Crippen LogP contribution is -2.46. The highest BCUT2D eigenvalue weighted by Gasteiger charge is 2.19. The van der Waals surface area contributed by atoms with Crippen molar-refractivity contribution < 1.29 is 0 Å². The van der Waals surface area contributed by atoms with Crippen LogP contribution in [-0.2, 0) is 6.42 Å². The summed E-state index contributed by atoms with van der Waals surface area (Å²) in [6, 6.07) is 9.76. The summed E-state index contributed by atoms with van der Waals surface area (Å²) in [5.41, 5.74) is 1.39. The first-order valence-electron chi connectivity index (χ1n) is 7.33. The standard InChI is InChI=1S/C17H23BrN2/c1-3-10-20-11-8-17(9-12-20)19-14(2)13-15-4-6-16(18)7-5-15/h1,4-7,14,17,19H,8-13H2,2H3. The Hall–Kier alpha value is -0.820. The molecule has 1 atom stereocenters. The van der Waals surface area contributed by atoms with E-state index in [-0.39, 0.29) is 0 Å². The van der Waals surface area contributed by atoms with Gasteiger partial charge in [0, 0.05) is 29.6 Å². The van der Waals surface area contributed by atoms with Crippen molar-refractivity contribution in [1.82, 2.24) is 10.2 Å². The Labute approximate surface area is 131 Å². The zero-order valence-corrected chi connectivity index (χ0v) is 13.7. The fourth-order valence-electron chi connectivity index (χ4n) is 2.82. The van der Waals surface area contributed by atoms with Gasteiger partial charge in [-0.2, -0.15) is 0 Å². The minimum Gasteiger partial charge on any atom is -0.311 e. The van der Waals surface area contributed by atoms with Crippen LogP contribution in [0.4, 0.5) is 0 Å². The molecule has 0 spiro atoms. The van der Waals surface area contributed by atoms with E-state index in [0.29, 0.717) is 12.1 Å². The van der Waals surface area contributed by atoms with Crippen LogP contribution in [0.3, 0.4) is 0 Å². The highest BCUT2D eigenvalue weighted by Crippen LogP contribution is 2.14. The van der Waals surface area contributed by atoms with Crippen LogP contribution in [0.15, 0.2) is 28.7 Å². The van der Waals surface area contributed by atoms with E-state index < -0.39 is 0 Å². The SMILES string of the molecule is C#CCN1CCC(NC(C)Cc2ccc(Br)cc2)CC1. The number of piperidine rings is 1. The van der Waals surface area contributed by atoms with Gasteiger partial charge in [-0.15, -0.1) is 6.42 Å². The third kappa shape index (κ3) is 4.94. The van der Waals surface area contributed by atoms with Crippen LogP contribution < -0.4 is 5.32 Å². The summed E-state index contributed by atoms with van der Waals surface area (Å²) in [6.07, 6.45) is 8.84. The van der Waals surface area contributed by atoms with Gasteiger partial charge in [-0.25, -0.2) is 0 Å². The van der Waals surface area contributed by atoms with Crippen LogP contribution in [0.25, 0.3) is 0 Å². The van der Waals surface area contributed by atoms with Crippen LogP contribution in [0.1, 0.15) is 25.3 Å². The van der Waals surface area contributed by atoms with Crippen molar-refractivity contribution in [3.05, 3.63) is 34.3 Å². The molecular formula is C17H23BrN2. The fourth-order valence-corrected chi connectivity index (χ4v) is 3.09. The third-order valence-corrected chi connectivity index (χ3v) is 4.41. The normalized spacial score (nSPS) is 18.6. The molecule has 0 aromatic heterocycles. The van der Waals surface area contributed by atoms with Crippen LogP contribution in [-0.4, -0.2) is 36.6 Å². The molecular weight excluding hydrogens is 312 g/mol. The predicted octanol–water partition coefficient (Wildman–Crippen LogP) is 3.07. The summed E-state index contributed by atoms with van der Waals surface area (Å²) in [7, 11) is 0. The number of terminal acetylenes is 1. The molecule has 3 heteroatoms. The molecule has 1 aromatic rings. The Morgan fingerprint density at radius 1 is 1.35 bits per heavy atom. The quantitative estimate of drug-likeness (QED) is 0.832. The molecule has 0 amide bonds. The van der Waals surface area contributed by atoms with Gasteiger partial charge in [-0.05, 0) is 43.9 Å². The molecule has 1 unspecified atom stereocenters. The van der Waals surface area contributed by atoms with Crippen molar-refractivity contribution in [3.8, 4) is 12.3 Å². The molecule has 1 saturated heterocycles. The average Bonchev–Trinajstić information content (AvgIpc) is 2.44. The van der Waals surface area contributed by atoms with Crippen LogP contribution in [0, 0.1) is 12.3 Å². The van der Waals surface area contributed by atoms with E-state index in [2.05, 4.69) is 63.3 Å². The molecule has 1 fully saturated rings. The molecule has 1 aliphatic heterocycles. The summed E-state index contributed by atoms with van der Waals surface area (Å²) in [6.45, 7) is 5.30. The summed E-state index contributed by atoms with van der Waals surface area (Å²) in [5.74, 6) is 2.73. The topological polar surface area (TPSA) is 15.3 Å². The summed E-state index contributed by atoms with van der Waals surface area (Å²) in [5, 5.41) is 3.75. The minimum absolute atomic E-state index is 0.514. The van der Waals surface area contributed by atoms with E-state index in [1.807, 2.05) is 0 Å². The van der Waals surface area contributed by atoms with Crippen molar-refractivity contribution >= 4 is 15.9 Å². The molecule has 0 bridgehead atoms. The average molecular weight is 335 g/mol. The second-order valence-electron chi connectivity index (χ2n) is 5.65.